The van der Waals surface area contributed by atoms with Crippen molar-refractivity contribution < 1.29 is 0 Å². The van der Waals surface area contributed by atoms with Crippen molar-refractivity contribution in [2.24, 2.45) is 7.05 Å². The summed E-state index contributed by atoms with van der Waals surface area (Å²) in [7, 11) is 1.95. The molecule has 5 heteroatoms. The van der Waals surface area contributed by atoms with Crippen LogP contribution in [0.1, 0.15) is 36.7 Å². The van der Waals surface area contributed by atoms with E-state index in [0.29, 0.717) is 5.92 Å². The molecule has 2 aromatic heterocycles. The molecular weight excluding hydrogens is 280 g/mol. The quantitative estimate of drug-likeness (QED) is 0.817. The number of aromatic nitrogens is 4. The average molecular weight is 297 g/mol. The molecule has 0 fully saturated rings. The SMILES string of the molecule is Cc1nn(C)c(-n2ccc(C(C)C)n2)c1CBr. The number of aryl methyl sites for hydroxylation is 2. The van der Waals surface area contributed by atoms with Crippen LogP contribution in [0, 0.1) is 6.92 Å². The van der Waals surface area contributed by atoms with Crippen LogP contribution < -0.4 is 0 Å². The minimum atomic E-state index is 0.443. The molecule has 2 aromatic rings. The molecule has 2 rings (SSSR count). The zero-order chi connectivity index (χ0) is 12.6. The van der Waals surface area contributed by atoms with Crippen molar-refractivity contribution in [3.63, 3.8) is 0 Å². The molecule has 0 bridgehead atoms. The van der Waals surface area contributed by atoms with E-state index in [2.05, 4.69) is 46.0 Å². The van der Waals surface area contributed by atoms with Crippen molar-refractivity contribution in [1.82, 2.24) is 19.6 Å². The number of hydrogen-bond acceptors (Lipinski definition) is 2. The summed E-state index contributed by atoms with van der Waals surface area (Å²) in [5, 5.41) is 9.83. The highest BCUT2D eigenvalue weighted by Gasteiger charge is 2.15. The zero-order valence-electron chi connectivity index (χ0n) is 10.6. The van der Waals surface area contributed by atoms with Gasteiger partial charge in [0.2, 0.25) is 0 Å². The fourth-order valence-electron chi connectivity index (χ4n) is 1.90. The van der Waals surface area contributed by atoms with Crippen LogP contribution in [0.4, 0.5) is 0 Å². The molecule has 0 aliphatic rings. The van der Waals surface area contributed by atoms with Crippen molar-refractivity contribution in [2.45, 2.75) is 32.0 Å². The normalized spacial score (nSPS) is 11.4. The maximum atomic E-state index is 4.60. The van der Waals surface area contributed by atoms with Crippen LogP contribution in [0.15, 0.2) is 12.3 Å². The third-order valence-electron chi connectivity index (χ3n) is 2.87. The van der Waals surface area contributed by atoms with Gasteiger partial charge in [-0.15, -0.1) is 0 Å². The number of nitrogens with zero attached hydrogens (tertiary/aromatic N) is 4. The highest BCUT2D eigenvalue weighted by molar-refractivity contribution is 9.08. The molecule has 0 unspecified atom stereocenters. The highest BCUT2D eigenvalue weighted by Crippen LogP contribution is 2.21. The Kier molecular flexibility index (Phi) is 3.38. The van der Waals surface area contributed by atoms with Gasteiger partial charge >= 0.3 is 0 Å². The van der Waals surface area contributed by atoms with E-state index in [4.69, 9.17) is 0 Å². The molecule has 0 aliphatic heterocycles. The maximum absolute atomic E-state index is 4.60. The van der Waals surface area contributed by atoms with Crippen molar-refractivity contribution in [3.05, 3.63) is 29.2 Å². The predicted molar refractivity (Wildman–Crippen MR) is 71.8 cm³/mol. The smallest absolute Gasteiger partial charge is 0.155 e. The van der Waals surface area contributed by atoms with E-state index in [1.54, 1.807) is 0 Å². The molecule has 0 aliphatic carbocycles. The second-order valence-corrected chi connectivity index (χ2v) is 5.05. The third-order valence-corrected chi connectivity index (χ3v) is 3.43. The summed E-state index contributed by atoms with van der Waals surface area (Å²) >= 11 is 3.51. The van der Waals surface area contributed by atoms with Gasteiger partial charge in [0.25, 0.3) is 0 Å². The second kappa shape index (κ2) is 4.64. The van der Waals surface area contributed by atoms with E-state index in [0.717, 1.165) is 22.5 Å². The Hall–Kier alpha value is -1.10. The van der Waals surface area contributed by atoms with Crippen molar-refractivity contribution >= 4 is 15.9 Å². The fraction of sp³-hybridized carbons (Fsp3) is 0.500. The Labute approximate surface area is 110 Å². The third kappa shape index (κ3) is 2.16. The van der Waals surface area contributed by atoms with E-state index >= 15 is 0 Å². The molecular formula is C12H17BrN4. The molecule has 17 heavy (non-hydrogen) atoms. The van der Waals surface area contributed by atoms with E-state index in [-0.39, 0.29) is 0 Å². The topological polar surface area (TPSA) is 35.6 Å². The Bertz CT molecular complexity index is 525. The zero-order valence-corrected chi connectivity index (χ0v) is 12.2. The van der Waals surface area contributed by atoms with Crippen LogP contribution >= 0.6 is 15.9 Å². The predicted octanol–water partition coefficient (Wildman–Crippen LogP) is 2.93. The van der Waals surface area contributed by atoms with Crippen LogP contribution in [0.5, 0.6) is 0 Å². The molecule has 0 saturated carbocycles. The van der Waals surface area contributed by atoms with Crippen LogP contribution in [0.2, 0.25) is 0 Å². The average Bonchev–Trinajstić information content (AvgIpc) is 2.82. The van der Waals surface area contributed by atoms with Gasteiger partial charge in [-0.1, -0.05) is 29.8 Å². The van der Waals surface area contributed by atoms with Gasteiger partial charge in [-0.25, -0.2) is 4.68 Å². The minimum Gasteiger partial charge on any atom is -0.250 e. The lowest BCUT2D eigenvalue weighted by atomic mass is 10.1. The summed E-state index contributed by atoms with van der Waals surface area (Å²) in [4.78, 5) is 0. The van der Waals surface area contributed by atoms with Gasteiger partial charge in [0.1, 0.15) is 0 Å². The Morgan fingerprint density at radius 3 is 2.59 bits per heavy atom. The maximum Gasteiger partial charge on any atom is 0.155 e. The Balaban J connectivity index is 2.52. The summed E-state index contributed by atoms with van der Waals surface area (Å²) in [6.45, 7) is 6.31. The van der Waals surface area contributed by atoms with Gasteiger partial charge in [0, 0.05) is 24.1 Å². The first-order chi connectivity index (χ1) is 8.04. The monoisotopic (exact) mass is 296 g/mol. The minimum absolute atomic E-state index is 0.443. The van der Waals surface area contributed by atoms with Gasteiger partial charge in [0.15, 0.2) is 5.82 Å². The van der Waals surface area contributed by atoms with Crippen LogP contribution in [0.25, 0.3) is 5.82 Å². The lowest BCUT2D eigenvalue weighted by molar-refractivity contribution is 0.678. The van der Waals surface area contributed by atoms with E-state index in [1.165, 1.54) is 5.56 Å². The summed E-state index contributed by atoms with van der Waals surface area (Å²) in [5.41, 5.74) is 3.33. The lowest BCUT2D eigenvalue weighted by Gasteiger charge is -2.05. The first kappa shape index (κ1) is 12.4. The van der Waals surface area contributed by atoms with Crippen molar-refractivity contribution in [3.8, 4) is 5.82 Å². The standard InChI is InChI=1S/C12H17BrN4/c1-8(2)11-5-6-17(15-11)12-10(7-13)9(3)14-16(12)4/h5-6,8H,7H2,1-4H3. The number of halogens is 1. The van der Waals surface area contributed by atoms with E-state index in [9.17, 15) is 0 Å². The Morgan fingerprint density at radius 1 is 1.35 bits per heavy atom. The summed E-state index contributed by atoms with van der Waals surface area (Å²) in [6.07, 6.45) is 2.00. The molecule has 4 nitrogen and oxygen atoms in total. The molecule has 0 amide bonds. The first-order valence-corrected chi connectivity index (χ1v) is 6.81. The fourth-order valence-corrected chi connectivity index (χ4v) is 2.55. The number of hydrogen-bond donors (Lipinski definition) is 0. The summed E-state index contributed by atoms with van der Waals surface area (Å²) in [5.74, 6) is 1.48. The highest BCUT2D eigenvalue weighted by atomic mass is 79.9. The van der Waals surface area contributed by atoms with E-state index in [1.807, 2.05) is 29.5 Å². The van der Waals surface area contributed by atoms with Gasteiger partial charge in [-0.3, -0.25) is 4.68 Å². The van der Waals surface area contributed by atoms with E-state index < -0.39 is 0 Å². The summed E-state index contributed by atoms with van der Waals surface area (Å²) < 4.78 is 3.79. The molecule has 92 valence electrons. The molecule has 0 radical (unpaired) electrons. The van der Waals surface area contributed by atoms with Crippen molar-refractivity contribution in [1.29, 1.82) is 0 Å². The molecule has 0 spiro atoms. The van der Waals surface area contributed by atoms with Gasteiger partial charge in [-0.2, -0.15) is 10.2 Å². The van der Waals surface area contributed by atoms with Crippen LogP contribution in [-0.2, 0) is 12.4 Å². The Morgan fingerprint density at radius 2 is 2.06 bits per heavy atom. The molecule has 2 heterocycles. The van der Waals surface area contributed by atoms with Crippen LogP contribution in [-0.4, -0.2) is 19.6 Å². The lowest BCUT2D eigenvalue weighted by Crippen LogP contribution is -2.06. The first-order valence-electron chi connectivity index (χ1n) is 5.69. The largest absolute Gasteiger partial charge is 0.250 e. The van der Waals surface area contributed by atoms with Gasteiger partial charge < -0.3 is 0 Å². The molecule has 0 atom stereocenters. The number of rotatable bonds is 3. The summed E-state index contributed by atoms with van der Waals surface area (Å²) in [6, 6.07) is 2.06. The molecule has 0 saturated heterocycles. The number of alkyl halides is 1. The molecule has 0 N–H and O–H groups in total. The second-order valence-electron chi connectivity index (χ2n) is 4.48. The van der Waals surface area contributed by atoms with Crippen molar-refractivity contribution in [2.75, 3.05) is 0 Å². The molecule has 0 aromatic carbocycles. The van der Waals surface area contributed by atoms with Gasteiger partial charge in [0.05, 0.1) is 11.4 Å². The van der Waals surface area contributed by atoms with Gasteiger partial charge in [-0.05, 0) is 18.9 Å². The van der Waals surface area contributed by atoms with Crippen LogP contribution in [0.3, 0.4) is 0 Å².